The lowest BCUT2D eigenvalue weighted by Crippen LogP contribution is -2.44. The average Bonchev–Trinajstić information content (AvgIpc) is 2.48. The molecular formula is C16H25NO2. The van der Waals surface area contributed by atoms with Crippen LogP contribution < -0.4 is 5.32 Å². The standard InChI is InChI=1S/C16H25NO2/c1-17-15-9-8-14(13-6-4-3-5-7-13)12-16(15)19-11-10-18-2/h3-7,14-17H,8-12H2,1-2H3. The predicted molar refractivity (Wildman–Crippen MR) is 77.5 cm³/mol. The van der Waals surface area contributed by atoms with Crippen LogP contribution >= 0.6 is 0 Å². The smallest absolute Gasteiger partial charge is 0.0734 e. The fourth-order valence-electron chi connectivity index (χ4n) is 2.95. The zero-order chi connectivity index (χ0) is 13.5. The Bertz CT molecular complexity index is 355. The van der Waals surface area contributed by atoms with Gasteiger partial charge in [0.25, 0.3) is 0 Å². The average molecular weight is 263 g/mol. The maximum atomic E-state index is 5.99. The fourth-order valence-corrected chi connectivity index (χ4v) is 2.95. The van der Waals surface area contributed by atoms with Crippen molar-refractivity contribution in [3.8, 4) is 0 Å². The van der Waals surface area contributed by atoms with Crippen molar-refractivity contribution in [2.45, 2.75) is 37.3 Å². The van der Waals surface area contributed by atoms with Gasteiger partial charge in [-0.1, -0.05) is 30.3 Å². The van der Waals surface area contributed by atoms with Crippen molar-refractivity contribution in [3.63, 3.8) is 0 Å². The Morgan fingerprint density at radius 1 is 1.16 bits per heavy atom. The highest BCUT2D eigenvalue weighted by atomic mass is 16.5. The number of benzene rings is 1. The van der Waals surface area contributed by atoms with Gasteiger partial charge in [0.15, 0.2) is 0 Å². The van der Waals surface area contributed by atoms with Crippen LogP contribution in [0.25, 0.3) is 0 Å². The number of methoxy groups -OCH3 is 1. The lowest BCUT2D eigenvalue weighted by atomic mass is 9.80. The van der Waals surface area contributed by atoms with E-state index in [-0.39, 0.29) is 0 Å². The molecule has 3 atom stereocenters. The third-order valence-electron chi connectivity index (χ3n) is 4.05. The van der Waals surface area contributed by atoms with E-state index >= 15 is 0 Å². The van der Waals surface area contributed by atoms with Gasteiger partial charge in [-0.25, -0.2) is 0 Å². The maximum absolute atomic E-state index is 5.99. The van der Waals surface area contributed by atoms with Crippen molar-refractivity contribution in [3.05, 3.63) is 35.9 Å². The molecule has 1 N–H and O–H groups in total. The second-order valence-electron chi connectivity index (χ2n) is 5.22. The lowest BCUT2D eigenvalue weighted by molar-refractivity contribution is -0.0206. The molecule has 0 radical (unpaired) electrons. The number of ether oxygens (including phenoxy) is 2. The van der Waals surface area contributed by atoms with Crippen LogP contribution in [-0.2, 0) is 9.47 Å². The molecule has 0 amide bonds. The topological polar surface area (TPSA) is 30.5 Å². The normalized spacial score (nSPS) is 27.4. The van der Waals surface area contributed by atoms with Crippen molar-refractivity contribution in [2.24, 2.45) is 0 Å². The van der Waals surface area contributed by atoms with Crippen LogP contribution in [0.2, 0.25) is 0 Å². The molecule has 1 aliphatic rings. The number of hydrogen-bond acceptors (Lipinski definition) is 3. The summed E-state index contributed by atoms with van der Waals surface area (Å²) in [6.45, 7) is 1.35. The first-order chi connectivity index (χ1) is 9.35. The summed E-state index contributed by atoms with van der Waals surface area (Å²) in [4.78, 5) is 0. The van der Waals surface area contributed by atoms with E-state index in [1.807, 2.05) is 7.05 Å². The molecule has 1 aromatic rings. The van der Waals surface area contributed by atoms with Gasteiger partial charge in [0.2, 0.25) is 0 Å². The number of rotatable bonds is 6. The molecular weight excluding hydrogens is 238 g/mol. The molecule has 2 rings (SSSR count). The molecule has 1 aromatic carbocycles. The van der Waals surface area contributed by atoms with E-state index in [2.05, 4.69) is 35.6 Å². The van der Waals surface area contributed by atoms with E-state index in [0.29, 0.717) is 31.3 Å². The SMILES string of the molecule is CNC1CCC(c2ccccc2)CC1OCCOC. The summed E-state index contributed by atoms with van der Waals surface area (Å²) in [6.07, 6.45) is 3.80. The molecule has 0 bridgehead atoms. The van der Waals surface area contributed by atoms with E-state index in [0.717, 1.165) is 6.42 Å². The molecule has 0 aromatic heterocycles. The largest absolute Gasteiger partial charge is 0.382 e. The van der Waals surface area contributed by atoms with E-state index < -0.39 is 0 Å². The highest BCUT2D eigenvalue weighted by Crippen LogP contribution is 2.34. The van der Waals surface area contributed by atoms with Crippen molar-refractivity contribution in [1.29, 1.82) is 0 Å². The predicted octanol–water partition coefficient (Wildman–Crippen LogP) is 2.57. The summed E-state index contributed by atoms with van der Waals surface area (Å²) >= 11 is 0. The first kappa shape index (κ1) is 14.5. The Hall–Kier alpha value is -0.900. The van der Waals surface area contributed by atoms with E-state index in [1.54, 1.807) is 7.11 Å². The van der Waals surface area contributed by atoms with Gasteiger partial charge < -0.3 is 14.8 Å². The van der Waals surface area contributed by atoms with Crippen LogP contribution in [0.4, 0.5) is 0 Å². The summed E-state index contributed by atoms with van der Waals surface area (Å²) in [5.74, 6) is 0.623. The minimum atomic E-state index is 0.291. The van der Waals surface area contributed by atoms with E-state index in [4.69, 9.17) is 9.47 Å². The third kappa shape index (κ3) is 4.03. The van der Waals surface area contributed by atoms with Crippen molar-refractivity contribution in [2.75, 3.05) is 27.4 Å². The number of nitrogens with one attached hydrogen (secondary N) is 1. The van der Waals surface area contributed by atoms with E-state index in [1.165, 1.54) is 18.4 Å². The van der Waals surface area contributed by atoms with Gasteiger partial charge in [0, 0.05) is 13.2 Å². The number of likely N-dealkylation sites (N-methyl/N-ethyl adjacent to an activating group) is 1. The van der Waals surface area contributed by atoms with Gasteiger partial charge in [-0.2, -0.15) is 0 Å². The first-order valence-corrected chi connectivity index (χ1v) is 7.18. The van der Waals surface area contributed by atoms with E-state index in [9.17, 15) is 0 Å². The van der Waals surface area contributed by atoms with Gasteiger partial charge in [-0.05, 0) is 37.8 Å². The molecule has 0 spiro atoms. The molecule has 106 valence electrons. The van der Waals surface area contributed by atoms with Gasteiger partial charge in [-0.15, -0.1) is 0 Å². The summed E-state index contributed by atoms with van der Waals surface area (Å²) in [7, 11) is 3.74. The Morgan fingerprint density at radius 2 is 1.95 bits per heavy atom. The number of hydrogen-bond donors (Lipinski definition) is 1. The zero-order valence-corrected chi connectivity index (χ0v) is 12.0. The summed E-state index contributed by atoms with van der Waals surface area (Å²) in [5.41, 5.74) is 1.44. The fraction of sp³-hybridized carbons (Fsp3) is 0.625. The summed E-state index contributed by atoms with van der Waals surface area (Å²) in [6, 6.07) is 11.3. The molecule has 19 heavy (non-hydrogen) atoms. The van der Waals surface area contributed by atoms with Crippen LogP contribution in [0.3, 0.4) is 0 Å². The molecule has 1 saturated carbocycles. The molecule has 1 fully saturated rings. The summed E-state index contributed by atoms with van der Waals surface area (Å²) in [5, 5.41) is 3.39. The van der Waals surface area contributed by atoms with Gasteiger partial charge in [0.1, 0.15) is 0 Å². The lowest BCUT2D eigenvalue weighted by Gasteiger charge is -2.36. The second-order valence-corrected chi connectivity index (χ2v) is 5.22. The van der Waals surface area contributed by atoms with Crippen LogP contribution in [0.1, 0.15) is 30.7 Å². The highest BCUT2D eigenvalue weighted by Gasteiger charge is 2.30. The third-order valence-corrected chi connectivity index (χ3v) is 4.05. The second kappa shape index (κ2) is 7.63. The Morgan fingerprint density at radius 3 is 2.63 bits per heavy atom. The van der Waals surface area contributed by atoms with Crippen LogP contribution in [0, 0.1) is 0 Å². The monoisotopic (exact) mass is 263 g/mol. The van der Waals surface area contributed by atoms with Crippen molar-refractivity contribution >= 4 is 0 Å². The molecule has 0 saturated heterocycles. The molecule has 3 heteroatoms. The van der Waals surface area contributed by atoms with Gasteiger partial charge >= 0.3 is 0 Å². The molecule has 1 aliphatic carbocycles. The quantitative estimate of drug-likeness (QED) is 0.800. The Kier molecular flexibility index (Phi) is 5.83. The van der Waals surface area contributed by atoms with Crippen molar-refractivity contribution < 1.29 is 9.47 Å². The molecule has 0 aliphatic heterocycles. The van der Waals surface area contributed by atoms with Crippen molar-refractivity contribution in [1.82, 2.24) is 5.32 Å². The first-order valence-electron chi connectivity index (χ1n) is 7.18. The summed E-state index contributed by atoms with van der Waals surface area (Å²) < 4.78 is 11.1. The maximum Gasteiger partial charge on any atom is 0.0734 e. The minimum Gasteiger partial charge on any atom is -0.382 e. The van der Waals surface area contributed by atoms with Gasteiger partial charge in [-0.3, -0.25) is 0 Å². The van der Waals surface area contributed by atoms with Crippen LogP contribution in [-0.4, -0.2) is 39.5 Å². The molecule has 3 unspecified atom stereocenters. The highest BCUT2D eigenvalue weighted by molar-refractivity contribution is 5.20. The Labute approximate surface area is 116 Å². The Balaban J connectivity index is 1.95. The van der Waals surface area contributed by atoms with Crippen LogP contribution in [0.5, 0.6) is 0 Å². The molecule has 3 nitrogen and oxygen atoms in total. The van der Waals surface area contributed by atoms with Crippen LogP contribution in [0.15, 0.2) is 30.3 Å². The van der Waals surface area contributed by atoms with Gasteiger partial charge in [0.05, 0.1) is 19.3 Å². The minimum absolute atomic E-state index is 0.291. The molecule has 0 heterocycles. The zero-order valence-electron chi connectivity index (χ0n) is 12.0.